The number of hydrogen-bond donors (Lipinski definition) is 1. The third-order valence-corrected chi connectivity index (χ3v) is 3.26. The van der Waals surface area contributed by atoms with Crippen LogP contribution in [0, 0.1) is 0 Å². The molecule has 0 atom stereocenters. The molecule has 2 rings (SSSR count). The van der Waals surface area contributed by atoms with E-state index in [0.29, 0.717) is 11.3 Å². The van der Waals surface area contributed by atoms with Gasteiger partial charge in [0.15, 0.2) is 15.7 Å². The van der Waals surface area contributed by atoms with Crippen LogP contribution in [0.15, 0.2) is 12.3 Å². The van der Waals surface area contributed by atoms with Crippen LogP contribution in [0.4, 0.5) is 13.2 Å². The molecule has 0 aliphatic heterocycles. The molecule has 0 amide bonds. The summed E-state index contributed by atoms with van der Waals surface area (Å²) < 4.78 is 37.8. The van der Waals surface area contributed by atoms with Gasteiger partial charge < -0.3 is 5.11 Å². The monoisotopic (exact) mass is 297 g/mol. The molecule has 0 spiro atoms. The average Bonchev–Trinajstić information content (AvgIpc) is 2.81. The molecule has 1 N–H and O–H groups in total. The van der Waals surface area contributed by atoms with Crippen molar-refractivity contribution in [1.29, 1.82) is 0 Å². The van der Waals surface area contributed by atoms with E-state index in [1.54, 1.807) is 0 Å². The fraction of sp³-hybridized carbons (Fsp3) is 0.125. The van der Waals surface area contributed by atoms with Gasteiger partial charge in [-0.1, -0.05) is 22.9 Å². The second-order valence-corrected chi connectivity index (χ2v) is 4.40. The van der Waals surface area contributed by atoms with Gasteiger partial charge in [0.2, 0.25) is 5.13 Å². The van der Waals surface area contributed by atoms with Gasteiger partial charge in [-0.25, -0.2) is 14.5 Å². The number of carboxylic acid groups (broad SMARTS) is 1. The zero-order chi connectivity index (χ0) is 13.5. The van der Waals surface area contributed by atoms with Gasteiger partial charge in [0.05, 0.1) is 0 Å². The fourth-order valence-electron chi connectivity index (χ4n) is 1.10. The zero-order valence-electron chi connectivity index (χ0n) is 8.27. The van der Waals surface area contributed by atoms with Crippen LogP contribution in [0.5, 0.6) is 0 Å². The Bertz CT molecular complexity index is 607. The number of aromatic nitrogens is 3. The van der Waals surface area contributed by atoms with E-state index in [9.17, 15) is 18.0 Å². The molecule has 0 saturated heterocycles. The normalized spacial score (nSPS) is 11.8. The molecular formula is C8H3ClF3N3O2S. The number of carbonyl (C=O) groups is 1. The van der Waals surface area contributed by atoms with Crippen molar-refractivity contribution in [2.75, 3.05) is 0 Å². The summed E-state index contributed by atoms with van der Waals surface area (Å²) in [7, 11) is 0. The highest BCUT2D eigenvalue weighted by molar-refractivity contribution is 7.16. The molecule has 0 unspecified atom stereocenters. The standard InChI is InChI=1S/C8H3ClF3N3O2S/c9-5-4(6(16)17)18-7(13-5)15-2-1-3(14-15)8(10,11)12/h1-2H,(H,16,17). The van der Waals surface area contributed by atoms with Crippen LogP contribution in [0.2, 0.25) is 5.15 Å². The first-order chi connectivity index (χ1) is 8.29. The summed E-state index contributed by atoms with van der Waals surface area (Å²) in [6.45, 7) is 0. The summed E-state index contributed by atoms with van der Waals surface area (Å²) in [4.78, 5) is 14.1. The van der Waals surface area contributed by atoms with Crippen LogP contribution < -0.4 is 0 Å². The lowest BCUT2D eigenvalue weighted by atomic mass is 10.4. The van der Waals surface area contributed by atoms with Gasteiger partial charge in [-0.2, -0.15) is 18.3 Å². The van der Waals surface area contributed by atoms with Crippen molar-refractivity contribution >= 4 is 28.9 Å². The lowest BCUT2D eigenvalue weighted by Crippen LogP contribution is -2.07. The highest BCUT2D eigenvalue weighted by Gasteiger charge is 2.34. The molecule has 0 bridgehead atoms. The molecule has 0 fully saturated rings. The summed E-state index contributed by atoms with van der Waals surface area (Å²) in [5, 5.41) is 11.7. The van der Waals surface area contributed by atoms with Gasteiger partial charge in [-0.05, 0) is 6.07 Å². The SMILES string of the molecule is O=C(O)c1sc(-n2ccc(C(F)(F)F)n2)nc1Cl. The Morgan fingerprint density at radius 1 is 1.50 bits per heavy atom. The van der Waals surface area contributed by atoms with E-state index in [1.165, 1.54) is 0 Å². The number of rotatable bonds is 2. The molecular weight excluding hydrogens is 295 g/mol. The number of carboxylic acids is 1. The Balaban J connectivity index is 2.41. The average molecular weight is 298 g/mol. The van der Waals surface area contributed by atoms with Crippen molar-refractivity contribution in [3.05, 3.63) is 28.0 Å². The van der Waals surface area contributed by atoms with Crippen LogP contribution in [-0.4, -0.2) is 25.8 Å². The Labute approximate surface area is 106 Å². The van der Waals surface area contributed by atoms with Crippen molar-refractivity contribution in [2.24, 2.45) is 0 Å². The molecule has 10 heteroatoms. The maximum absolute atomic E-state index is 12.3. The minimum Gasteiger partial charge on any atom is -0.477 e. The van der Waals surface area contributed by atoms with Crippen LogP contribution >= 0.6 is 22.9 Å². The molecule has 0 saturated carbocycles. The van der Waals surface area contributed by atoms with E-state index in [2.05, 4.69) is 10.1 Å². The third-order valence-electron chi connectivity index (χ3n) is 1.84. The quantitative estimate of drug-likeness (QED) is 0.925. The molecule has 2 aromatic rings. The van der Waals surface area contributed by atoms with Crippen molar-refractivity contribution in [3.63, 3.8) is 0 Å². The molecule has 2 aromatic heterocycles. The van der Waals surface area contributed by atoms with E-state index < -0.39 is 17.8 Å². The minimum atomic E-state index is -4.57. The first-order valence-electron chi connectivity index (χ1n) is 4.32. The number of alkyl halides is 3. The maximum atomic E-state index is 12.3. The van der Waals surface area contributed by atoms with Crippen molar-refractivity contribution < 1.29 is 23.1 Å². The predicted octanol–water partition coefficient (Wildman–Crippen LogP) is 2.70. The Morgan fingerprint density at radius 3 is 2.61 bits per heavy atom. The molecule has 2 heterocycles. The predicted molar refractivity (Wildman–Crippen MR) is 56.2 cm³/mol. The Morgan fingerprint density at radius 2 is 2.17 bits per heavy atom. The van der Waals surface area contributed by atoms with E-state index in [-0.39, 0.29) is 15.2 Å². The Kier molecular flexibility index (Phi) is 3.03. The molecule has 0 aliphatic rings. The van der Waals surface area contributed by atoms with Crippen molar-refractivity contribution in [1.82, 2.24) is 14.8 Å². The van der Waals surface area contributed by atoms with E-state index in [1.807, 2.05) is 0 Å². The van der Waals surface area contributed by atoms with Crippen LogP contribution in [0.1, 0.15) is 15.4 Å². The van der Waals surface area contributed by atoms with Crippen molar-refractivity contribution in [2.45, 2.75) is 6.18 Å². The van der Waals surface area contributed by atoms with Crippen molar-refractivity contribution in [3.8, 4) is 5.13 Å². The molecule has 0 aliphatic carbocycles. The van der Waals surface area contributed by atoms with Gasteiger partial charge >= 0.3 is 12.1 Å². The van der Waals surface area contributed by atoms with Gasteiger partial charge in [0.1, 0.15) is 0 Å². The first kappa shape index (κ1) is 12.8. The summed E-state index contributed by atoms with van der Waals surface area (Å²) in [6, 6.07) is 0.760. The second kappa shape index (κ2) is 4.25. The Hall–Kier alpha value is -1.61. The largest absolute Gasteiger partial charge is 0.477 e. The highest BCUT2D eigenvalue weighted by Crippen LogP contribution is 2.29. The fourth-order valence-corrected chi connectivity index (χ4v) is 2.16. The summed E-state index contributed by atoms with van der Waals surface area (Å²) in [6.07, 6.45) is -3.54. The number of hydrogen-bond acceptors (Lipinski definition) is 4. The third kappa shape index (κ3) is 2.31. The maximum Gasteiger partial charge on any atom is 0.435 e. The molecule has 18 heavy (non-hydrogen) atoms. The lowest BCUT2D eigenvalue weighted by molar-refractivity contribution is -0.141. The van der Waals surface area contributed by atoms with E-state index >= 15 is 0 Å². The van der Waals surface area contributed by atoms with Gasteiger partial charge in [0.25, 0.3) is 0 Å². The lowest BCUT2D eigenvalue weighted by Gasteiger charge is -2.00. The van der Waals surface area contributed by atoms with Gasteiger partial charge in [-0.15, -0.1) is 0 Å². The summed E-state index contributed by atoms with van der Waals surface area (Å²) in [5.41, 5.74) is -1.09. The number of thiazole rings is 1. The van der Waals surface area contributed by atoms with Crippen LogP contribution in [-0.2, 0) is 6.18 Å². The number of halogens is 4. The smallest absolute Gasteiger partial charge is 0.435 e. The zero-order valence-corrected chi connectivity index (χ0v) is 9.84. The van der Waals surface area contributed by atoms with E-state index in [0.717, 1.165) is 16.9 Å². The topological polar surface area (TPSA) is 68.0 Å². The minimum absolute atomic E-state index is 0.0482. The number of nitrogens with zero attached hydrogens (tertiary/aromatic N) is 3. The number of aromatic carboxylic acids is 1. The molecule has 0 aromatic carbocycles. The highest BCUT2D eigenvalue weighted by atomic mass is 35.5. The van der Waals surface area contributed by atoms with E-state index in [4.69, 9.17) is 16.7 Å². The summed E-state index contributed by atoms with van der Waals surface area (Å²) >= 11 is 6.18. The first-order valence-corrected chi connectivity index (χ1v) is 5.51. The van der Waals surface area contributed by atoms with Gasteiger partial charge in [0, 0.05) is 6.20 Å². The summed E-state index contributed by atoms with van der Waals surface area (Å²) in [5.74, 6) is -1.30. The molecule has 0 radical (unpaired) electrons. The van der Waals surface area contributed by atoms with Gasteiger partial charge in [-0.3, -0.25) is 0 Å². The second-order valence-electron chi connectivity index (χ2n) is 3.06. The van der Waals surface area contributed by atoms with Crippen LogP contribution in [0.25, 0.3) is 5.13 Å². The molecule has 5 nitrogen and oxygen atoms in total. The van der Waals surface area contributed by atoms with Crippen LogP contribution in [0.3, 0.4) is 0 Å². The molecule has 96 valence electrons.